The van der Waals surface area contributed by atoms with Crippen LogP contribution in [-0.4, -0.2) is 28.1 Å². The Morgan fingerprint density at radius 2 is 2.08 bits per heavy atom. The largest absolute Gasteiger partial charge is 0.384 e. The maximum Gasteiger partial charge on any atom is 0.384 e. The van der Waals surface area contributed by atoms with Crippen molar-refractivity contribution in [2.24, 2.45) is 11.5 Å². The van der Waals surface area contributed by atoms with Gasteiger partial charge in [-0.1, -0.05) is 0 Å². The molecule has 0 amide bonds. The molecule has 7 heteroatoms. The second-order valence-electron chi connectivity index (χ2n) is 2.48. The van der Waals surface area contributed by atoms with E-state index in [0.29, 0.717) is 24.3 Å². The van der Waals surface area contributed by atoms with Crippen molar-refractivity contribution in [3.8, 4) is 0 Å². The normalized spacial score (nSPS) is 14.7. The average molecular weight is 214 g/mol. The van der Waals surface area contributed by atoms with Crippen LogP contribution in [-0.2, 0) is 4.57 Å². The maximum absolute atomic E-state index is 10.4. The third kappa shape index (κ3) is 8.52. The van der Waals surface area contributed by atoms with E-state index in [4.69, 9.17) is 21.3 Å². The molecular formula is C5H15N2O3PS. The van der Waals surface area contributed by atoms with E-state index < -0.39 is 6.80 Å². The molecule has 12 heavy (non-hydrogen) atoms. The van der Waals surface area contributed by atoms with Crippen molar-refractivity contribution in [3.05, 3.63) is 0 Å². The van der Waals surface area contributed by atoms with Crippen LogP contribution in [0.3, 0.4) is 0 Å². The molecule has 0 aliphatic carbocycles. The second-order valence-corrected chi connectivity index (χ2v) is 6.25. The summed E-state index contributed by atoms with van der Waals surface area (Å²) >= 11 is 0.593. The Bertz CT molecular complexity index is 163. The van der Waals surface area contributed by atoms with Crippen molar-refractivity contribution in [1.82, 2.24) is 0 Å². The highest BCUT2D eigenvalue weighted by Gasteiger charge is 2.15. The third-order valence-corrected chi connectivity index (χ3v) is 3.61. The van der Waals surface area contributed by atoms with Crippen LogP contribution in [0, 0.1) is 0 Å². The molecule has 6 N–H and O–H groups in total. The fourth-order valence-corrected chi connectivity index (χ4v) is 2.37. The van der Waals surface area contributed by atoms with Gasteiger partial charge in [-0.25, -0.2) is 4.57 Å². The van der Waals surface area contributed by atoms with Crippen LogP contribution >= 0.6 is 18.2 Å². The molecule has 0 radical (unpaired) electrons. The molecule has 0 aliphatic rings. The van der Waals surface area contributed by atoms with Crippen LogP contribution in [0.1, 0.15) is 12.8 Å². The van der Waals surface area contributed by atoms with E-state index >= 15 is 0 Å². The van der Waals surface area contributed by atoms with Crippen LogP contribution in [0.15, 0.2) is 0 Å². The molecule has 0 aromatic carbocycles. The Morgan fingerprint density at radius 3 is 2.50 bits per heavy atom. The van der Waals surface area contributed by atoms with Crippen LogP contribution < -0.4 is 11.5 Å². The lowest BCUT2D eigenvalue weighted by Gasteiger charge is -2.10. The molecule has 0 aliphatic heterocycles. The Labute approximate surface area is 75.8 Å². The van der Waals surface area contributed by atoms with Gasteiger partial charge in [-0.2, -0.15) is 0 Å². The van der Waals surface area contributed by atoms with Gasteiger partial charge in [0.1, 0.15) is 0 Å². The number of hydrogen-bond donors (Lipinski definition) is 4. The molecule has 0 aromatic rings. The van der Waals surface area contributed by atoms with E-state index in [9.17, 15) is 4.57 Å². The minimum Gasteiger partial charge on any atom is -0.330 e. The predicted molar refractivity (Wildman–Crippen MR) is 50.8 cm³/mol. The SMILES string of the molecule is NCCC[C@H](N)CSP(=O)(O)O. The van der Waals surface area contributed by atoms with E-state index in [1.54, 1.807) is 0 Å². The molecule has 5 nitrogen and oxygen atoms in total. The fraction of sp³-hybridized carbons (Fsp3) is 1.00. The van der Waals surface area contributed by atoms with E-state index in [-0.39, 0.29) is 11.8 Å². The summed E-state index contributed by atoms with van der Waals surface area (Å²) in [5.74, 6) is 0.282. The highest BCUT2D eigenvalue weighted by atomic mass is 32.7. The standard InChI is InChI=1S/C5H15N2O3PS/c6-3-1-2-5(7)4-12-11(8,9)10/h5H,1-4,6-7H2,(H2,8,9,10)/t5-/m0/s1. The summed E-state index contributed by atoms with van der Waals surface area (Å²) in [5, 5.41) is 0. The van der Waals surface area contributed by atoms with Gasteiger partial charge in [-0.3, -0.25) is 0 Å². The van der Waals surface area contributed by atoms with Crippen molar-refractivity contribution in [2.45, 2.75) is 18.9 Å². The Morgan fingerprint density at radius 1 is 1.50 bits per heavy atom. The summed E-state index contributed by atoms with van der Waals surface area (Å²) in [7, 11) is 0. The zero-order valence-electron chi connectivity index (χ0n) is 6.72. The van der Waals surface area contributed by atoms with Crippen molar-refractivity contribution >= 4 is 18.2 Å². The Hall–Kier alpha value is 0.420. The van der Waals surface area contributed by atoms with Gasteiger partial charge < -0.3 is 21.3 Å². The zero-order valence-corrected chi connectivity index (χ0v) is 8.43. The predicted octanol–water partition coefficient (Wildman–Crippen LogP) is -0.121. The van der Waals surface area contributed by atoms with Crippen molar-refractivity contribution in [3.63, 3.8) is 0 Å². The van der Waals surface area contributed by atoms with Gasteiger partial charge in [0.15, 0.2) is 0 Å². The number of nitrogens with two attached hydrogens (primary N) is 2. The lowest BCUT2D eigenvalue weighted by atomic mass is 10.2. The van der Waals surface area contributed by atoms with Gasteiger partial charge in [0.05, 0.1) is 0 Å². The van der Waals surface area contributed by atoms with E-state index in [1.807, 2.05) is 0 Å². The summed E-state index contributed by atoms with van der Waals surface area (Å²) < 4.78 is 10.4. The first kappa shape index (κ1) is 12.4. The lowest BCUT2D eigenvalue weighted by molar-refractivity contribution is 0.396. The van der Waals surface area contributed by atoms with Gasteiger partial charge in [-0.05, 0) is 30.8 Å². The van der Waals surface area contributed by atoms with Gasteiger partial charge in [0.2, 0.25) is 0 Å². The summed E-state index contributed by atoms with van der Waals surface area (Å²) in [4.78, 5) is 17.0. The fourth-order valence-electron chi connectivity index (χ4n) is 0.656. The Kier molecular flexibility index (Phi) is 6.17. The molecule has 0 unspecified atom stereocenters. The minimum atomic E-state index is -3.95. The van der Waals surface area contributed by atoms with Crippen LogP contribution in [0.2, 0.25) is 0 Å². The van der Waals surface area contributed by atoms with Gasteiger partial charge >= 0.3 is 6.80 Å². The highest BCUT2D eigenvalue weighted by Crippen LogP contribution is 2.50. The first-order valence-corrected chi connectivity index (χ1v) is 6.81. The molecule has 0 rings (SSSR count). The van der Waals surface area contributed by atoms with Crippen LogP contribution in [0.4, 0.5) is 0 Å². The molecule has 0 saturated heterocycles. The van der Waals surface area contributed by atoms with Crippen molar-refractivity contribution in [2.75, 3.05) is 12.3 Å². The maximum atomic E-state index is 10.4. The molecular weight excluding hydrogens is 199 g/mol. The monoisotopic (exact) mass is 214 g/mol. The quantitative estimate of drug-likeness (QED) is 0.459. The molecule has 0 fully saturated rings. The summed E-state index contributed by atoms with van der Waals surface area (Å²) in [6.07, 6.45) is 1.51. The van der Waals surface area contributed by atoms with Crippen LogP contribution in [0.5, 0.6) is 0 Å². The Balaban J connectivity index is 3.44. The number of rotatable bonds is 6. The minimum absolute atomic E-state index is 0.175. The molecule has 0 spiro atoms. The topological polar surface area (TPSA) is 110 Å². The molecule has 1 atom stereocenters. The summed E-state index contributed by atoms with van der Waals surface area (Å²) in [6, 6.07) is -0.175. The van der Waals surface area contributed by atoms with Gasteiger partial charge in [0.25, 0.3) is 0 Å². The van der Waals surface area contributed by atoms with E-state index in [0.717, 1.165) is 6.42 Å². The zero-order chi connectivity index (χ0) is 9.61. The summed E-state index contributed by atoms with van der Waals surface area (Å²) in [5.41, 5.74) is 10.8. The van der Waals surface area contributed by atoms with Crippen LogP contribution in [0.25, 0.3) is 0 Å². The molecule has 0 saturated carbocycles. The second kappa shape index (κ2) is 5.96. The van der Waals surface area contributed by atoms with Gasteiger partial charge in [-0.15, -0.1) is 0 Å². The molecule has 0 bridgehead atoms. The van der Waals surface area contributed by atoms with Gasteiger partial charge in [0, 0.05) is 11.8 Å². The average Bonchev–Trinajstić information content (AvgIpc) is 1.95. The van der Waals surface area contributed by atoms with Crippen molar-refractivity contribution < 1.29 is 14.4 Å². The third-order valence-electron chi connectivity index (χ3n) is 1.24. The molecule has 0 aromatic heterocycles. The van der Waals surface area contributed by atoms with Crippen molar-refractivity contribution in [1.29, 1.82) is 0 Å². The number of hydrogen-bond acceptors (Lipinski definition) is 4. The first-order chi connectivity index (χ1) is 5.45. The van der Waals surface area contributed by atoms with E-state index in [1.165, 1.54) is 0 Å². The molecule has 0 heterocycles. The lowest BCUT2D eigenvalue weighted by Crippen LogP contribution is -2.23. The first-order valence-electron chi connectivity index (χ1n) is 3.61. The highest BCUT2D eigenvalue weighted by molar-refractivity contribution is 8.54. The molecule has 74 valence electrons. The van der Waals surface area contributed by atoms with E-state index in [2.05, 4.69) is 0 Å². The summed E-state index contributed by atoms with van der Waals surface area (Å²) in [6.45, 7) is -3.38. The smallest absolute Gasteiger partial charge is 0.330 e.